The van der Waals surface area contributed by atoms with E-state index in [1.54, 1.807) is 12.1 Å². The van der Waals surface area contributed by atoms with Crippen LogP contribution in [0.2, 0.25) is 0 Å². The zero-order chi connectivity index (χ0) is 21.1. The number of hydrogen-bond donors (Lipinski definition) is 0. The van der Waals surface area contributed by atoms with E-state index in [1.165, 1.54) is 36.5 Å². The number of amides is 1. The van der Waals surface area contributed by atoms with Crippen molar-refractivity contribution >= 4 is 45.0 Å². The quantitative estimate of drug-likeness (QED) is 0.531. The molecule has 0 spiro atoms. The molecule has 1 aromatic heterocycles. The van der Waals surface area contributed by atoms with Crippen LogP contribution in [0, 0.1) is 11.6 Å². The van der Waals surface area contributed by atoms with Gasteiger partial charge >= 0.3 is 0 Å². The van der Waals surface area contributed by atoms with Crippen LogP contribution in [0.3, 0.4) is 0 Å². The summed E-state index contributed by atoms with van der Waals surface area (Å²) in [5.41, 5.74) is -0.0899. The molecule has 3 rings (SSSR count). The van der Waals surface area contributed by atoms with Crippen molar-refractivity contribution in [2.24, 2.45) is 0 Å². The fourth-order valence-corrected chi connectivity index (χ4v) is 3.91. The van der Waals surface area contributed by atoms with E-state index in [0.717, 1.165) is 12.1 Å². The first-order valence-corrected chi connectivity index (χ1v) is 9.61. The molecule has 0 radical (unpaired) electrons. The lowest BCUT2D eigenvalue weighted by Crippen LogP contribution is -2.37. The highest BCUT2D eigenvalue weighted by Gasteiger charge is 2.27. The number of methoxy groups -OCH3 is 2. The van der Waals surface area contributed by atoms with Crippen LogP contribution in [0.5, 0.6) is 11.5 Å². The minimum absolute atomic E-state index is 0. The largest absolute Gasteiger partial charge is 0.495 e. The second-order valence-corrected chi connectivity index (χ2v) is 7.48. The van der Waals surface area contributed by atoms with Gasteiger partial charge in [0.05, 0.1) is 14.2 Å². The van der Waals surface area contributed by atoms with Crippen molar-refractivity contribution in [1.82, 2.24) is 9.88 Å². The molecule has 1 heterocycles. The van der Waals surface area contributed by atoms with Gasteiger partial charge in [-0.1, -0.05) is 17.4 Å². The van der Waals surface area contributed by atoms with E-state index < -0.39 is 23.1 Å². The Balaban J connectivity index is 0.00000320. The van der Waals surface area contributed by atoms with Crippen LogP contribution in [0.25, 0.3) is 10.2 Å². The van der Waals surface area contributed by atoms with E-state index in [2.05, 4.69) is 4.98 Å². The number of ether oxygens (including phenoxy) is 2. The average Bonchev–Trinajstić information content (AvgIpc) is 3.12. The van der Waals surface area contributed by atoms with Crippen LogP contribution in [-0.2, 0) is 0 Å². The number of anilines is 1. The third-order valence-corrected chi connectivity index (χ3v) is 5.42. The van der Waals surface area contributed by atoms with Crippen LogP contribution in [0.15, 0.2) is 30.3 Å². The van der Waals surface area contributed by atoms with Gasteiger partial charge in [-0.3, -0.25) is 9.69 Å². The Morgan fingerprint density at radius 1 is 1.03 bits per heavy atom. The first kappa shape index (κ1) is 23.8. The number of fused-ring (bicyclic) bond motifs is 1. The average molecular weight is 458 g/mol. The summed E-state index contributed by atoms with van der Waals surface area (Å²) in [7, 11) is 6.74. The maximum Gasteiger partial charge on any atom is 0.266 e. The standard InChI is InChI=1S/C20H21F2N3O3S.ClH/c1-24(2)10-11-25(19(26)16-12(21)6-5-7-13(16)22)20-23-17-14(27-3)8-9-15(28-4)18(17)29-20;/h5-9H,10-11H2,1-4H3;1H. The number of halogens is 3. The number of rotatable bonds is 7. The Bertz CT molecular complexity index is 984. The predicted octanol–water partition coefficient (Wildman–Crippen LogP) is 4.22. The number of carbonyl (C=O) groups excluding carboxylic acids is 1. The molecule has 0 atom stereocenters. The molecule has 0 aliphatic heterocycles. The molecule has 30 heavy (non-hydrogen) atoms. The second-order valence-electron chi connectivity index (χ2n) is 6.50. The van der Waals surface area contributed by atoms with Crippen molar-refractivity contribution in [3.8, 4) is 11.5 Å². The lowest BCUT2D eigenvalue weighted by Gasteiger charge is -2.22. The van der Waals surface area contributed by atoms with Gasteiger partial charge in [0, 0.05) is 13.1 Å². The number of thiazole rings is 1. The van der Waals surface area contributed by atoms with Crippen LogP contribution in [0.4, 0.5) is 13.9 Å². The Hall–Kier alpha value is -2.49. The summed E-state index contributed by atoms with van der Waals surface area (Å²) in [5.74, 6) is -1.54. The molecule has 1 amide bonds. The minimum atomic E-state index is -0.916. The molecule has 6 nitrogen and oxygen atoms in total. The highest BCUT2D eigenvalue weighted by atomic mass is 35.5. The Morgan fingerprint density at radius 3 is 2.20 bits per heavy atom. The molecule has 0 aliphatic carbocycles. The summed E-state index contributed by atoms with van der Waals surface area (Å²) in [6.45, 7) is 0.677. The number of hydrogen-bond acceptors (Lipinski definition) is 6. The fourth-order valence-electron chi connectivity index (χ4n) is 2.81. The first-order chi connectivity index (χ1) is 13.9. The van der Waals surface area contributed by atoms with Crippen molar-refractivity contribution < 1.29 is 23.0 Å². The summed E-state index contributed by atoms with van der Waals surface area (Å²) in [5, 5.41) is 0.303. The molecule has 2 aromatic carbocycles. The fraction of sp³-hybridized carbons (Fsp3) is 0.300. The monoisotopic (exact) mass is 457 g/mol. The zero-order valence-corrected chi connectivity index (χ0v) is 18.6. The summed E-state index contributed by atoms with van der Waals surface area (Å²) in [4.78, 5) is 20.8. The maximum atomic E-state index is 14.3. The van der Waals surface area contributed by atoms with Crippen molar-refractivity contribution in [2.45, 2.75) is 0 Å². The molecule has 0 saturated carbocycles. The molecule has 162 valence electrons. The summed E-state index contributed by atoms with van der Waals surface area (Å²) >= 11 is 1.20. The topological polar surface area (TPSA) is 54.9 Å². The van der Waals surface area contributed by atoms with E-state index in [0.29, 0.717) is 33.4 Å². The van der Waals surface area contributed by atoms with Gasteiger partial charge in [-0.2, -0.15) is 0 Å². The first-order valence-electron chi connectivity index (χ1n) is 8.79. The third kappa shape index (κ3) is 4.63. The van der Waals surface area contributed by atoms with E-state index in [1.807, 2.05) is 19.0 Å². The van der Waals surface area contributed by atoms with Gasteiger partial charge in [0.1, 0.15) is 38.9 Å². The normalized spacial score (nSPS) is 10.8. The smallest absolute Gasteiger partial charge is 0.266 e. The minimum Gasteiger partial charge on any atom is -0.495 e. The maximum absolute atomic E-state index is 14.3. The van der Waals surface area contributed by atoms with Crippen LogP contribution in [-0.4, -0.2) is 57.2 Å². The van der Waals surface area contributed by atoms with Crippen molar-refractivity contribution in [3.05, 3.63) is 47.5 Å². The number of likely N-dealkylation sites (N-methyl/N-ethyl adjacent to an activating group) is 1. The number of nitrogens with zero attached hydrogens (tertiary/aromatic N) is 3. The second kappa shape index (κ2) is 10.0. The SMILES string of the molecule is COc1ccc(OC)c2sc(N(CCN(C)C)C(=O)c3c(F)cccc3F)nc12.Cl. The van der Waals surface area contributed by atoms with Gasteiger partial charge in [-0.15, -0.1) is 12.4 Å². The van der Waals surface area contributed by atoms with E-state index in [9.17, 15) is 13.6 Å². The molecular formula is C20H22ClF2N3O3S. The Morgan fingerprint density at radius 2 is 1.63 bits per heavy atom. The van der Waals surface area contributed by atoms with Gasteiger partial charge in [-0.25, -0.2) is 13.8 Å². The molecule has 0 unspecified atom stereocenters. The summed E-state index contributed by atoms with van der Waals surface area (Å²) in [6.07, 6.45) is 0. The van der Waals surface area contributed by atoms with Crippen molar-refractivity contribution in [2.75, 3.05) is 46.3 Å². The molecular weight excluding hydrogens is 436 g/mol. The lowest BCUT2D eigenvalue weighted by atomic mass is 10.1. The highest BCUT2D eigenvalue weighted by Crippen LogP contribution is 2.40. The van der Waals surface area contributed by atoms with Gasteiger partial charge in [-0.05, 0) is 38.4 Å². The van der Waals surface area contributed by atoms with E-state index in [-0.39, 0.29) is 19.0 Å². The van der Waals surface area contributed by atoms with Crippen LogP contribution < -0.4 is 14.4 Å². The molecule has 0 aliphatic rings. The van der Waals surface area contributed by atoms with Gasteiger partial charge in [0.15, 0.2) is 5.13 Å². The third-order valence-electron chi connectivity index (χ3n) is 4.32. The van der Waals surface area contributed by atoms with Crippen molar-refractivity contribution in [1.29, 1.82) is 0 Å². The molecule has 10 heteroatoms. The molecule has 0 fully saturated rings. The van der Waals surface area contributed by atoms with Crippen molar-refractivity contribution in [3.63, 3.8) is 0 Å². The molecule has 0 N–H and O–H groups in total. The molecule has 0 bridgehead atoms. The Labute approximate surface area is 183 Å². The predicted molar refractivity (Wildman–Crippen MR) is 117 cm³/mol. The van der Waals surface area contributed by atoms with E-state index in [4.69, 9.17) is 9.47 Å². The van der Waals surface area contributed by atoms with E-state index >= 15 is 0 Å². The van der Waals surface area contributed by atoms with Gasteiger partial charge in [0.2, 0.25) is 0 Å². The van der Waals surface area contributed by atoms with Crippen LogP contribution >= 0.6 is 23.7 Å². The summed E-state index contributed by atoms with van der Waals surface area (Å²) in [6, 6.07) is 6.80. The van der Waals surface area contributed by atoms with Crippen LogP contribution in [0.1, 0.15) is 10.4 Å². The van der Waals surface area contributed by atoms with Gasteiger partial charge in [0.25, 0.3) is 5.91 Å². The molecule has 0 saturated heterocycles. The number of benzene rings is 2. The van der Waals surface area contributed by atoms with Gasteiger partial charge < -0.3 is 14.4 Å². The summed E-state index contributed by atoms with van der Waals surface area (Å²) < 4.78 is 39.9. The Kier molecular flexibility index (Phi) is 7.94. The molecule has 3 aromatic rings. The number of carbonyl (C=O) groups is 1. The zero-order valence-electron chi connectivity index (χ0n) is 16.9. The number of aromatic nitrogens is 1. The lowest BCUT2D eigenvalue weighted by molar-refractivity contribution is 0.0977. The highest BCUT2D eigenvalue weighted by molar-refractivity contribution is 7.22.